The Labute approximate surface area is 256 Å². The van der Waals surface area contributed by atoms with Crippen molar-refractivity contribution in [1.29, 1.82) is 0 Å². The standard InChI is InChI=1S/C32H51ClN4O3S/c1-7-11-13-23(9-3)15-17-25(18-16-24(10-4)14-12-8-2)26-19-27(34-22(5)39)28(20-29(26)40-6)36-37-32-35-31(33)30(21-38)41-32/h19-25,34,39H,7-18H2,1-6H3/t22-,23?,24?,25?/m0/s1. The van der Waals surface area contributed by atoms with E-state index in [1.165, 1.54) is 64.2 Å². The van der Waals surface area contributed by atoms with Gasteiger partial charge in [-0.05, 0) is 62.0 Å². The zero-order chi connectivity index (χ0) is 30.2. The van der Waals surface area contributed by atoms with Crippen molar-refractivity contribution in [2.45, 2.75) is 124 Å². The molecule has 3 atom stereocenters. The predicted molar refractivity (Wildman–Crippen MR) is 173 cm³/mol. The Morgan fingerprint density at radius 1 is 1.00 bits per heavy atom. The number of aromatic nitrogens is 1. The predicted octanol–water partition coefficient (Wildman–Crippen LogP) is 10.9. The second-order valence-corrected chi connectivity index (χ2v) is 12.5. The fourth-order valence-corrected chi connectivity index (χ4v) is 6.32. The lowest BCUT2D eigenvalue weighted by Gasteiger charge is -2.26. The van der Waals surface area contributed by atoms with E-state index in [0.717, 1.165) is 47.3 Å². The summed E-state index contributed by atoms with van der Waals surface area (Å²) in [7, 11) is 1.70. The molecule has 0 bridgehead atoms. The number of benzene rings is 1. The van der Waals surface area contributed by atoms with E-state index in [1.54, 1.807) is 14.0 Å². The van der Waals surface area contributed by atoms with Gasteiger partial charge in [0.1, 0.15) is 22.5 Å². The summed E-state index contributed by atoms with van der Waals surface area (Å²) < 4.78 is 5.94. The van der Waals surface area contributed by atoms with Gasteiger partial charge in [-0.2, -0.15) is 0 Å². The monoisotopic (exact) mass is 606 g/mol. The number of hydrogen-bond acceptors (Lipinski definition) is 8. The number of nitrogens with zero attached hydrogens (tertiary/aromatic N) is 3. The van der Waals surface area contributed by atoms with Crippen LogP contribution in [-0.4, -0.2) is 29.7 Å². The molecule has 2 aromatic rings. The van der Waals surface area contributed by atoms with Crippen LogP contribution in [0, 0.1) is 11.8 Å². The fourth-order valence-electron chi connectivity index (χ4n) is 5.44. The van der Waals surface area contributed by atoms with Crippen molar-refractivity contribution in [2.24, 2.45) is 22.1 Å². The number of azo groups is 1. The second-order valence-electron chi connectivity index (χ2n) is 11.1. The quantitative estimate of drug-likeness (QED) is 0.0836. The van der Waals surface area contributed by atoms with E-state index in [0.29, 0.717) is 28.5 Å². The molecule has 0 aliphatic heterocycles. The third-order valence-corrected chi connectivity index (χ3v) is 9.30. The average Bonchev–Trinajstić information content (AvgIpc) is 3.34. The van der Waals surface area contributed by atoms with Gasteiger partial charge in [0.15, 0.2) is 11.4 Å². The number of halogens is 1. The average molecular weight is 607 g/mol. The van der Waals surface area contributed by atoms with E-state index >= 15 is 0 Å². The molecule has 1 heterocycles. The number of anilines is 1. The number of ether oxygens (including phenoxy) is 1. The number of methoxy groups -OCH3 is 1. The van der Waals surface area contributed by atoms with Gasteiger partial charge in [0.2, 0.25) is 5.13 Å². The summed E-state index contributed by atoms with van der Waals surface area (Å²) in [5.41, 5.74) is 2.35. The van der Waals surface area contributed by atoms with Crippen molar-refractivity contribution in [3.05, 3.63) is 27.7 Å². The smallest absolute Gasteiger partial charge is 0.232 e. The SMILES string of the molecule is CCCCC(CC)CCC(CCC(CC)CCCC)c1cc(N[C@H](C)O)c(N=Nc2nc(Cl)c(C=O)s2)cc1OC. The summed E-state index contributed by atoms with van der Waals surface area (Å²) in [6, 6.07) is 3.96. The maximum atomic E-state index is 11.2. The Morgan fingerprint density at radius 3 is 2.07 bits per heavy atom. The Morgan fingerprint density at radius 2 is 1.61 bits per heavy atom. The van der Waals surface area contributed by atoms with Crippen LogP contribution in [0.3, 0.4) is 0 Å². The zero-order valence-corrected chi connectivity index (χ0v) is 27.5. The van der Waals surface area contributed by atoms with Crippen LogP contribution in [0.2, 0.25) is 5.15 Å². The number of unbranched alkanes of at least 4 members (excludes halogenated alkanes) is 2. The number of hydrogen-bond donors (Lipinski definition) is 2. The summed E-state index contributed by atoms with van der Waals surface area (Å²) in [6.45, 7) is 10.8. The van der Waals surface area contributed by atoms with Crippen molar-refractivity contribution in [3.8, 4) is 5.75 Å². The van der Waals surface area contributed by atoms with Crippen molar-refractivity contribution in [2.75, 3.05) is 12.4 Å². The van der Waals surface area contributed by atoms with Crippen LogP contribution >= 0.6 is 22.9 Å². The van der Waals surface area contributed by atoms with Gasteiger partial charge in [0.05, 0.1) is 12.8 Å². The zero-order valence-electron chi connectivity index (χ0n) is 25.9. The highest BCUT2D eigenvalue weighted by Gasteiger charge is 2.23. The van der Waals surface area contributed by atoms with Crippen LogP contribution in [-0.2, 0) is 0 Å². The van der Waals surface area contributed by atoms with Crippen LogP contribution < -0.4 is 10.1 Å². The number of carbonyl (C=O) groups is 1. The minimum Gasteiger partial charge on any atom is -0.496 e. The summed E-state index contributed by atoms with van der Waals surface area (Å²) >= 11 is 7.09. The Hall–Kier alpha value is -2.03. The highest BCUT2D eigenvalue weighted by atomic mass is 35.5. The lowest BCUT2D eigenvalue weighted by molar-refractivity contribution is 0.112. The molecule has 0 amide bonds. The molecule has 0 spiro atoms. The van der Waals surface area contributed by atoms with Crippen LogP contribution in [0.1, 0.15) is 133 Å². The molecule has 2 rings (SSSR count). The van der Waals surface area contributed by atoms with Crippen LogP contribution in [0.15, 0.2) is 22.4 Å². The number of rotatable bonds is 21. The summed E-state index contributed by atoms with van der Waals surface area (Å²) in [6.07, 6.45) is 14.5. The third-order valence-electron chi connectivity index (χ3n) is 8.03. The Balaban J connectivity index is 2.46. The van der Waals surface area contributed by atoms with Crippen molar-refractivity contribution >= 4 is 45.7 Å². The van der Waals surface area contributed by atoms with Crippen LogP contribution in [0.5, 0.6) is 5.75 Å². The molecule has 7 nitrogen and oxygen atoms in total. The first-order valence-electron chi connectivity index (χ1n) is 15.5. The molecular formula is C32H51ClN4O3S. The highest BCUT2D eigenvalue weighted by Crippen LogP contribution is 2.43. The van der Waals surface area contributed by atoms with Gasteiger partial charge < -0.3 is 15.2 Å². The molecule has 9 heteroatoms. The molecule has 0 aliphatic rings. The normalized spacial score (nSPS) is 14.6. The molecule has 1 aromatic carbocycles. The topological polar surface area (TPSA) is 96.2 Å². The summed E-state index contributed by atoms with van der Waals surface area (Å²) in [5.74, 6) is 2.57. The van der Waals surface area contributed by atoms with Gasteiger partial charge >= 0.3 is 0 Å². The fraction of sp³-hybridized carbons (Fsp3) is 0.688. The lowest BCUT2D eigenvalue weighted by Crippen LogP contribution is -2.14. The number of thiazole rings is 1. The summed E-state index contributed by atoms with van der Waals surface area (Å²) in [5, 5.41) is 22.4. The number of aldehydes is 1. The largest absolute Gasteiger partial charge is 0.496 e. The highest BCUT2D eigenvalue weighted by molar-refractivity contribution is 7.17. The molecule has 0 saturated heterocycles. The molecule has 0 aliphatic carbocycles. The van der Waals surface area contributed by atoms with Gasteiger partial charge in [0.25, 0.3) is 0 Å². The van der Waals surface area contributed by atoms with E-state index in [1.807, 2.05) is 6.07 Å². The maximum Gasteiger partial charge on any atom is 0.232 e. The number of carbonyl (C=O) groups excluding carboxylic acids is 1. The van der Waals surface area contributed by atoms with Crippen molar-refractivity contribution in [3.63, 3.8) is 0 Å². The minimum atomic E-state index is -0.781. The molecule has 2 unspecified atom stereocenters. The van der Waals surface area contributed by atoms with Crippen molar-refractivity contribution in [1.82, 2.24) is 4.98 Å². The minimum absolute atomic E-state index is 0.116. The first-order valence-corrected chi connectivity index (χ1v) is 16.7. The molecule has 230 valence electrons. The molecule has 0 saturated carbocycles. The molecular weight excluding hydrogens is 556 g/mol. The second kappa shape index (κ2) is 19.2. The Kier molecular flexibility index (Phi) is 16.5. The number of aliphatic hydroxyl groups excluding tert-OH is 1. The van der Waals surface area contributed by atoms with Gasteiger partial charge in [0, 0.05) is 6.07 Å². The Bertz CT molecular complexity index is 1060. The van der Waals surface area contributed by atoms with Gasteiger partial charge in [-0.15, -0.1) is 10.2 Å². The summed E-state index contributed by atoms with van der Waals surface area (Å²) in [4.78, 5) is 15.6. The molecule has 41 heavy (non-hydrogen) atoms. The van der Waals surface area contributed by atoms with E-state index in [9.17, 15) is 9.90 Å². The number of aliphatic hydroxyl groups is 1. The van der Waals surface area contributed by atoms with E-state index in [-0.39, 0.29) is 10.3 Å². The molecule has 2 N–H and O–H groups in total. The number of nitrogens with one attached hydrogen (secondary N) is 1. The van der Waals surface area contributed by atoms with Gasteiger partial charge in [-0.3, -0.25) is 4.79 Å². The van der Waals surface area contributed by atoms with Gasteiger partial charge in [-0.1, -0.05) is 102 Å². The molecule has 0 fully saturated rings. The first kappa shape index (κ1) is 35.2. The van der Waals surface area contributed by atoms with Crippen LogP contribution in [0.4, 0.5) is 16.5 Å². The maximum absolute atomic E-state index is 11.2. The molecule has 0 radical (unpaired) electrons. The first-order chi connectivity index (χ1) is 19.8. The third kappa shape index (κ3) is 11.6. The lowest BCUT2D eigenvalue weighted by atomic mass is 9.81. The van der Waals surface area contributed by atoms with Crippen LogP contribution in [0.25, 0.3) is 0 Å². The van der Waals surface area contributed by atoms with Crippen molar-refractivity contribution < 1.29 is 14.6 Å². The van der Waals surface area contributed by atoms with E-state index < -0.39 is 6.23 Å². The van der Waals surface area contributed by atoms with Gasteiger partial charge in [-0.25, -0.2) is 4.98 Å². The van der Waals surface area contributed by atoms with E-state index in [4.69, 9.17) is 16.3 Å². The van der Waals surface area contributed by atoms with E-state index in [2.05, 4.69) is 54.3 Å². The molecule has 1 aromatic heterocycles.